The number of amides is 2. The average Bonchev–Trinajstić information content (AvgIpc) is 2.80. The second-order valence-corrected chi connectivity index (χ2v) is 12.2. The van der Waals surface area contributed by atoms with E-state index in [0.717, 1.165) is 40.9 Å². The van der Waals surface area contributed by atoms with E-state index in [2.05, 4.69) is 43.2 Å². The van der Waals surface area contributed by atoms with Gasteiger partial charge in [-0.25, -0.2) is 4.79 Å². The highest BCUT2D eigenvalue weighted by molar-refractivity contribution is 6.07. The molecule has 0 saturated heterocycles. The van der Waals surface area contributed by atoms with E-state index in [0.29, 0.717) is 24.2 Å². The fraction of sp³-hybridized carbons (Fsp3) is 0.387. The van der Waals surface area contributed by atoms with Crippen LogP contribution in [0.5, 0.6) is 0 Å². The minimum absolute atomic E-state index is 0.122. The number of rotatable bonds is 3. The van der Waals surface area contributed by atoms with Crippen LogP contribution in [0.2, 0.25) is 0 Å². The summed E-state index contributed by atoms with van der Waals surface area (Å²) in [6.07, 6.45) is 2.53. The van der Waals surface area contributed by atoms with Gasteiger partial charge in [0, 0.05) is 59.7 Å². The number of nitrogens with one attached hydrogen (secondary N) is 2. The molecule has 37 heavy (non-hydrogen) atoms. The molecule has 1 heterocycles. The number of para-hydroxylation sites is 1. The standard InChI is InChI=1S/C31H35N3O3/c1-30(2)15-22-27(24(35)17-30)26(28-23(34(22)5)16-31(3,4)18-25(28)36)19-11-13-21(14-12-19)33-29(37)32-20-9-7-6-8-10-20/h6-14,26H,15-18H2,1-5H3,(H2,32,33,37). The van der Waals surface area contributed by atoms with Gasteiger partial charge in [0.2, 0.25) is 0 Å². The van der Waals surface area contributed by atoms with Crippen LogP contribution in [0, 0.1) is 10.8 Å². The molecule has 2 aromatic carbocycles. The van der Waals surface area contributed by atoms with Crippen molar-refractivity contribution in [2.75, 3.05) is 17.7 Å². The number of urea groups is 1. The first-order chi connectivity index (χ1) is 17.4. The third-order valence-corrected chi connectivity index (χ3v) is 7.71. The van der Waals surface area contributed by atoms with E-state index in [9.17, 15) is 14.4 Å². The van der Waals surface area contributed by atoms with Gasteiger partial charge in [-0.05, 0) is 53.5 Å². The van der Waals surface area contributed by atoms with E-state index in [1.165, 1.54) is 0 Å². The molecule has 3 aliphatic rings. The van der Waals surface area contributed by atoms with Gasteiger partial charge >= 0.3 is 6.03 Å². The molecule has 0 radical (unpaired) electrons. The third-order valence-electron chi connectivity index (χ3n) is 7.71. The fourth-order valence-electron chi connectivity index (χ4n) is 6.07. The van der Waals surface area contributed by atoms with Crippen molar-refractivity contribution in [2.24, 2.45) is 10.8 Å². The molecule has 2 amide bonds. The first-order valence-electron chi connectivity index (χ1n) is 12.9. The molecule has 0 atom stereocenters. The molecule has 5 rings (SSSR count). The summed E-state index contributed by atoms with van der Waals surface area (Å²) in [5, 5.41) is 5.68. The second-order valence-electron chi connectivity index (χ2n) is 12.2. The molecule has 2 aromatic rings. The number of ketones is 2. The number of hydrogen-bond acceptors (Lipinski definition) is 4. The molecule has 1 aliphatic heterocycles. The van der Waals surface area contributed by atoms with E-state index in [1.54, 1.807) is 0 Å². The summed E-state index contributed by atoms with van der Waals surface area (Å²) in [4.78, 5) is 41.8. The van der Waals surface area contributed by atoms with Crippen molar-refractivity contribution in [1.82, 2.24) is 4.90 Å². The van der Waals surface area contributed by atoms with Crippen molar-refractivity contribution < 1.29 is 14.4 Å². The summed E-state index contributed by atoms with van der Waals surface area (Å²) >= 11 is 0. The summed E-state index contributed by atoms with van der Waals surface area (Å²) in [6, 6.07) is 16.5. The van der Waals surface area contributed by atoms with Crippen molar-refractivity contribution >= 4 is 29.0 Å². The number of Topliss-reactive ketones (excluding diaryl/α,β-unsaturated/α-hetero) is 2. The average molecular weight is 498 g/mol. The predicted octanol–water partition coefficient (Wildman–Crippen LogP) is 6.65. The Labute approximate surface area is 218 Å². The molecule has 0 saturated carbocycles. The minimum atomic E-state index is -0.374. The highest BCUT2D eigenvalue weighted by atomic mass is 16.2. The second kappa shape index (κ2) is 9.02. The van der Waals surface area contributed by atoms with Crippen LogP contribution in [0.3, 0.4) is 0 Å². The number of allylic oxidation sites excluding steroid dienone is 4. The van der Waals surface area contributed by atoms with Gasteiger partial charge in [0.25, 0.3) is 0 Å². The van der Waals surface area contributed by atoms with Crippen molar-refractivity contribution in [3.8, 4) is 0 Å². The first-order valence-corrected chi connectivity index (χ1v) is 12.9. The van der Waals surface area contributed by atoms with Crippen molar-refractivity contribution in [3.05, 3.63) is 82.7 Å². The Morgan fingerprint density at radius 2 is 1.19 bits per heavy atom. The van der Waals surface area contributed by atoms with Crippen LogP contribution in [-0.2, 0) is 9.59 Å². The first kappa shape index (κ1) is 25.0. The number of hydrogen-bond donors (Lipinski definition) is 2. The van der Waals surface area contributed by atoms with Crippen LogP contribution in [0.4, 0.5) is 16.2 Å². The molecule has 0 bridgehead atoms. The van der Waals surface area contributed by atoms with Crippen LogP contribution in [0.25, 0.3) is 0 Å². The largest absolute Gasteiger partial charge is 0.351 e. The maximum absolute atomic E-state index is 13.6. The SMILES string of the molecule is CN1C2=C(C(=O)CC(C)(C)C2)C(c2ccc(NC(=O)Nc3ccccc3)cc2)C2=C1CC(C)(C)CC2=O. The van der Waals surface area contributed by atoms with Crippen molar-refractivity contribution in [3.63, 3.8) is 0 Å². The molecule has 0 unspecified atom stereocenters. The van der Waals surface area contributed by atoms with Gasteiger partial charge in [0.1, 0.15) is 0 Å². The zero-order chi connectivity index (χ0) is 26.5. The molecule has 2 N–H and O–H groups in total. The van der Waals surface area contributed by atoms with Crippen molar-refractivity contribution in [2.45, 2.75) is 59.3 Å². The lowest BCUT2D eigenvalue weighted by Gasteiger charge is -2.47. The number of nitrogens with zero attached hydrogens (tertiary/aromatic N) is 1. The van der Waals surface area contributed by atoms with E-state index < -0.39 is 0 Å². The van der Waals surface area contributed by atoms with Gasteiger partial charge in [-0.1, -0.05) is 58.0 Å². The van der Waals surface area contributed by atoms with E-state index in [4.69, 9.17) is 0 Å². The minimum Gasteiger partial charge on any atom is -0.351 e. The molecule has 0 spiro atoms. The molecule has 2 aliphatic carbocycles. The summed E-state index contributed by atoms with van der Waals surface area (Å²) in [6.45, 7) is 8.55. The molecule has 192 valence electrons. The Morgan fingerprint density at radius 3 is 1.68 bits per heavy atom. The number of benzene rings is 2. The van der Waals surface area contributed by atoms with Gasteiger partial charge in [0.15, 0.2) is 11.6 Å². The lowest BCUT2D eigenvalue weighted by molar-refractivity contribution is -0.119. The van der Waals surface area contributed by atoms with Crippen LogP contribution in [0.1, 0.15) is 64.9 Å². The molecular weight excluding hydrogens is 462 g/mol. The zero-order valence-electron chi connectivity index (χ0n) is 22.3. The Morgan fingerprint density at radius 1 is 0.730 bits per heavy atom. The lowest BCUT2D eigenvalue weighted by atomic mass is 9.64. The van der Waals surface area contributed by atoms with Gasteiger partial charge in [-0.2, -0.15) is 0 Å². The summed E-state index contributed by atoms with van der Waals surface area (Å²) in [5.41, 5.74) is 5.61. The summed E-state index contributed by atoms with van der Waals surface area (Å²) in [7, 11) is 2.02. The summed E-state index contributed by atoms with van der Waals surface area (Å²) < 4.78 is 0. The van der Waals surface area contributed by atoms with E-state index >= 15 is 0 Å². The van der Waals surface area contributed by atoms with E-state index in [-0.39, 0.29) is 34.3 Å². The smallest absolute Gasteiger partial charge is 0.323 e. The lowest BCUT2D eigenvalue weighted by Crippen LogP contribution is -2.43. The highest BCUT2D eigenvalue weighted by Crippen LogP contribution is 2.53. The Kier molecular flexibility index (Phi) is 6.09. The van der Waals surface area contributed by atoms with Gasteiger partial charge in [0.05, 0.1) is 0 Å². The highest BCUT2D eigenvalue weighted by Gasteiger charge is 2.48. The number of carbonyl (C=O) groups is 3. The van der Waals surface area contributed by atoms with Crippen LogP contribution >= 0.6 is 0 Å². The Hall–Kier alpha value is -3.67. The topological polar surface area (TPSA) is 78.5 Å². The van der Waals surface area contributed by atoms with Gasteiger partial charge < -0.3 is 15.5 Å². The number of carbonyl (C=O) groups excluding carboxylic acids is 3. The van der Waals surface area contributed by atoms with Crippen molar-refractivity contribution in [1.29, 1.82) is 0 Å². The molecule has 6 heteroatoms. The zero-order valence-corrected chi connectivity index (χ0v) is 22.3. The fourth-order valence-corrected chi connectivity index (χ4v) is 6.07. The molecular formula is C31H35N3O3. The van der Waals surface area contributed by atoms with E-state index in [1.807, 2.05) is 61.6 Å². The van der Waals surface area contributed by atoms with Crippen LogP contribution in [-0.4, -0.2) is 29.5 Å². The van der Waals surface area contributed by atoms with Gasteiger partial charge in [-0.3, -0.25) is 9.59 Å². The maximum atomic E-state index is 13.6. The van der Waals surface area contributed by atoms with Crippen LogP contribution in [0.15, 0.2) is 77.1 Å². The van der Waals surface area contributed by atoms with Crippen LogP contribution < -0.4 is 10.6 Å². The number of anilines is 2. The molecule has 0 fully saturated rings. The Bertz CT molecular complexity index is 1280. The summed E-state index contributed by atoms with van der Waals surface area (Å²) in [5.74, 6) is -0.131. The predicted molar refractivity (Wildman–Crippen MR) is 146 cm³/mol. The molecule has 0 aromatic heterocycles. The van der Waals surface area contributed by atoms with Gasteiger partial charge in [-0.15, -0.1) is 0 Å². The third kappa shape index (κ3) is 4.85. The maximum Gasteiger partial charge on any atom is 0.323 e. The monoisotopic (exact) mass is 497 g/mol. The normalized spacial score (nSPS) is 20.9. The Balaban J connectivity index is 1.50. The quantitative estimate of drug-likeness (QED) is 0.498. The molecule has 6 nitrogen and oxygen atoms in total.